The van der Waals surface area contributed by atoms with E-state index in [4.69, 9.17) is 14.2 Å². The minimum atomic E-state index is 0. The number of likely N-dealkylation sites (N-methyl/N-ethyl adjacent to an activating group) is 1. The van der Waals surface area contributed by atoms with E-state index in [2.05, 4.69) is 21.3 Å². The molecule has 0 unspecified atom stereocenters. The number of hydrogen-bond donors (Lipinski definition) is 1. The Labute approximate surface area is 173 Å². The fraction of sp³-hybridized carbons (Fsp3) is 0.526. The predicted molar refractivity (Wildman–Crippen MR) is 116 cm³/mol. The first-order valence-corrected chi connectivity index (χ1v) is 8.67. The average Bonchev–Trinajstić information content (AvgIpc) is 2.66. The van der Waals surface area contributed by atoms with Gasteiger partial charge in [-0.3, -0.25) is 4.99 Å². The summed E-state index contributed by atoms with van der Waals surface area (Å²) in [5, 5.41) is 3.40. The van der Waals surface area contributed by atoms with Crippen LogP contribution in [0.1, 0.15) is 12.8 Å². The molecule has 0 aliphatic carbocycles. The van der Waals surface area contributed by atoms with Crippen molar-refractivity contribution in [1.82, 2.24) is 10.2 Å². The molecule has 26 heavy (non-hydrogen) atoms. The average molecular weight is 475 g/mol. The van der Waals surface area contributed by atoms with Crippen molar-refractivity contribution in [3.05, 3.63) is 35.9 Å². The molecule has 7 heteroatoms. The Bertz CT molecular complexity index is 576. The summed E-state index contributed by atoms with van der Waals surface area (Å²) in [6, 6.07) is 7.61. The maximum absolute atomic E-state index is 5.77. The summed E-state index contributed by atoms with van der Waals surface area (Å²) in [5.41, 5.74) is 1.46. The zero-order valence-electron chi connectivity index (χ0n) is 15.9. The van der Waals surface area contributed by atoms with E-state index < -0.39 is 0 Å². The molecule has 1 N–H and O–H groups in total. The van der Waals surface area contributed by atoms with Crippen molar-refractivity contribution >= 4 is 29.9 Å². The van der Waals surface area contributed by atoms with E-state index in [1.54, 1.807) is 14.2 Å². The van der Waals surface area contributed by atoms with Crippen molar-refractivity contribution in [2.45, 2.75) is 12.8 Å². The van der Waals surface area contributed by atoms with Crippen LogP contribution in [0.2, 0.25) is 0 Å². The van der Waals surface area contributed by atoms with Gasteiger partial charge in [0.25, 0.3) is 0 Å². The molecule has 0 spiro atoms. The highest BCUT2D eigenvalue weighted by atomic mass is 127. The van der Waals surface area contributed by atoms with Crippen molar-refractivity contribution in [2.24, 2.45) is 4.99 Å². The van der Waals surface area contributed by atoms with Gasteiger partial charge in [0.15, 0.2) is 5.96 Å². The Morgan fingerprint density at radius 2 is 2.00 bits per heavy atom. The minimum absolute atomic E-state index is 0. The highest BCUT2D eigenvalue weighted by molar-refractivity contribution is 14.0. The lowest BCUT2D eigenvalue weighted by atomic mass is 10.1. The smallest absolute Gasteiger partial charge is 0.193 e. The van der Waals surface area contributed by atoms with E-state index in [-0.39, 0.29) is 24.0 Å². The molecule has 1 aromatic rings. The molecule has 0 saturated heterocycles. The lowest BCUT2D eigenvalue weighted by Crippen LogP contribution is -2.41. The maximum atomic E-state index is 5.77. The van der Waals surface area contributed by atoms with Gasteiger partial charge in [0.2, 0.25) is 0 Å². The molecule has 1 heterocycles. The van der Waals surface area contributed by atoms with Crippen LogP contribution in [-0.2, 0) is 4.74 Å². The van der Waals surface area contributed by atoms with Crippen molar-refractivity contribution < 1.29 is 14.2 Å². The van der Waals surface area contributed by atoms with E-state index in [1.807, 2.05) is 31.3 Å². The van der Waals surface area contributed by atoms with Crippen LogP contribution >= 0.6 is 24.0 Å². The number of ether oxygens (including phenoxy) is 3. The van der Waals surface area contributed by atoms with Crippen molar-refractivity contribution in [2.75, 3.05) is 54.1 Å². The number of rotatable bonds is 8. The first-order chi connectivity index (χ1) is 12.2. The van der Waals surface area contributed by atoms with Gasteiger partial charge >= 0.3 is 0 Å². The first kappa shape index (κ1) is 22.6. The van der Waals surface area contributed by atoms with Crippen molar-refractivity contribution in [1.29, 1.82) is 0 Å². The summed E-state index contributed by atoms with van der Waals surface area (Å²) < 4.78 is 16.2. The fourth-order valence-electron chi connectivity index (χ4n) is 2.59. The summed E-state index contributed by atoms with van der Waals surface area (Å²) in [4.78, 5) is 6.41. The van der Waals surface area contributed by atoms with E-state index in [0.29, 0.717) is 6.61 Å². The summed E-state index contributed by atoms with van der Waals surface area (Å²) >= 11 is 0. The number of methoxy groups -OCH3 is 1. The molecule has 0 amide bonds. The van der Waals surface area contributed by atoms with E-state index in [9.17, 15) is 0 Å². The summed E-state index contributed by atoms with van der Waals surface area (Å²) in [6.45, 7) is 3.80. The topological polar surface area (TPSA) is 55.3 Å². The Balaban J connectivity index is 0.00000338. The number of halogens is 1. The Morgan fingerprint density at radius 1 is 1.27 bits per heavy atom. The number of nitrogens with zero attached hydrogens (tertiary/aromatic N) is 2. The number of benzene rings is 1. The van der Waals surface area contributed by atoms with E-state index >= 15 is 0 Å². The fourth-order valence-corrected chi connectivity index (χ4v) is 2.59. The Kier molecular flexibility index (Phi) is 11.1. The monoisotopic (exact) mass is 475 g/mol. The second kappa shape index (κ2) is 12.8. The second-order valence-corrected chi connectivity index (χ2v) is 5.86. The Hall–Kier alpha value is -1.48. The maximum Gasteiger partial charge on any atom is 0.193 e. The molecule has 2 rings (SSSR count). The van der Waals surface area contributed by atoms with Crippen LogP contribution in [-0.4, -0.2) is 65.0 Å². The quantitative estimate of drug-likeness (QED) is 0.271. The van der Waals surface area contributed by atoms with Gasteiger partial charge in [-0.15, -0.1) is 24.0 Å². The molecule has 6 nitrogen and oxygen atoms in total. The lowest BCUT2D eigenvalue weighted by molar-refractivity contribution is 0.153. The molecule has 1 aliphatic rings. The highest BCUT2D eigenvalue weighted by Crippen LogP contribution is 2.16. The molecule has 0 saturated carbocycles. The van der Waals surface area contributed by atoms with Crippen molar-refractivity contribution in [3.63, 3.8) is 0 Å². The second-order valence-electron chi connectivity index (χ2n) is 5.86. The molecule has 0 fully saturated rings. The van der Waals surface area contributed by atoms with Crippen LogP contribution in [0.5, 0.6) is 11.5 Å². The third-order valence-electron chi connectivity index (χ3n) is 4.11. The molecule has 0 bridgehead atoms. The molecular formula is C19H30IN3O3. The third kappa shape index (κ3) is 7.82. The molecule has 146 valence electrons. The number of guanidine groups is 1. The van der Waals surface area contributed by atoms with Gasteiger partial charge in [-0.1, -0.05) is 11.6 Å². The Morgan fingerprint density at radius 3 is 2.62 bits per heavy atom. The van der Waals surface area contributed by atoms with Gasteiger partial charge in [-0.25, -0.2) is 0 Å². The summed E-state index contributed by atoms with van der Waals surface area (Å²) in [6.07, 6.45) is 4.24. The van der Waals surface area contributed by atoms with Crippen LogP contribution in [0.25, 0.3) is 0 Å². The van der Waals surface area contributed by atoms with Crippen LogP contribution in [0.4, 0.5) is 0 Å². The molecule has 0 radical (unpaired) electrons. The summed E-state index contributed by atoms with van der Waals surface area (Å²) in [7, 11) is 5.47. The predicted octanol–water partition coefficient (Wildman–Crippen LogP) is 2.94. The SMILES string of the molecule is CN=C(NCCC1=CCOCC1)N(C)CCOc1ccc(OC)cc1.I. The van der Waals surface area contributed by atoms with Gasteiger partial charge in [-0.2, -0.15) is 0 Å². The van der Waals surface area contributed by atoms with Gasteiger partial charge < -0.3 is 24.4 Å². The van der Waals surface area contributed by atoms with Crippen LogP contribution < -0.4 is 14.8 Å². The molecular weight excluding hydrogens is 445 g/mol. The number of nitrogens with one attached hydrogen (secondary N) is 1. The van der Waals surface area contributed by atoms with E-state index in [0.717, 1.165) is 56.6 Å². The van der Waals surface area contributed by atoms with Gasteiger partial charge in [-0.05, 0) is 37.1 Å². The van der Waals surface area contributed by atoms with Crippen LogP contribution in [0, 0.1) is 0 Å². The molecule has 1 aliphatic heterocycles. The number of hydrogen-bond acceptors (Lipinski definition) is 4. The van der Waals surface area contributed by atoms with Gasteiger partial charge in [0.1, 0.15) is 18.1 Å². The number of aliphatic imine (C=N–C) groups is 1. The largest absolute Gasteiger partial charge is 0.497 e. The molecule has 1 aromatic carbocycles. The standard InChI is InChI=1S/C19H29N3O3.HI/c1-20-19(21-11-8-16-9-13-24-14-10-16)22(2)12-15-25-18-6-4-17(23-3)5-7-18;/h4-7,9H,8,10-15H2,1-3H3,(H,20,21);1H. The normalized spacial score (nSPS) is 14.1. The molecule has 0 atom stereocenters. The third-order valence-corrected chi connectivity index (χ3v) is 4.11. The first-order valence-electron chi connectivity index (χ1n) is 8.67. The lowest BCUT2D eigenvalue weighted by Gasteiger charge is -2.22. The van der Waals surface area contributed by atoms with Crippen LogP contribution in [0.3, 0.4) is 0 Å². The van der Waals surface area contributed by atoms with Gasteiger partial charge in [0, 0.05) is 20.6 Å². The van der Waals surface area contributed by atoms with Crippen molar-refractivity contribution in [3.8, 4) is 11.5 Å². The van der Waals surface area contributed by atoms with Gasteiger partial charge in [0.05, 0.1) is 26.9 Å². The zero-order chi connectivity index (χ0) is 17.9. The van der Waals surface area contributed by atoms with Crippen LogP contribution in [0.15, 0.2) is 40.9 Å². The summed E-state index contributed by atoms with van der Waals surface area (Å²) in [5.74, 6) is 2.54. The minimum Gasteiger partial charge on any atom is -0.497 e. The molecule has 0 aromatic heterocycles. The van der Waals surface area contributed by atoms with E-state index in [1.165, 1.54) is 5.57 Å². The zero-order valence-corrected chi connectivity index (χ0v) is 18.2. The highest BCUT2D eigenvalue weighted by Gasteiger charge is 2.07.